The van der Waals surface area contributed by atoms with Crippen molar-refractivity contribution in [3.05, 3.63) is 0 Å². The molecule has 1 rings (SSSR count). The topological polar surface area (TPSA) is 12.5 Å². The molecule has 4 heteroatoms. The van der Waals surface area contributed by atoms with Crippen LogP contribution in [-0.4, -0.2) is 37.2 Å². The van der Waals surface area contributed by atoms with Crippen LogP contribution < -0.4 is 0 Å². The van der Waals surface area contributed by atoms with E-state index in [1.54, 1.807) is 0 Å². The van der Waals surface area contributed by atoms with Gasteiger partial charge in [0.1, 0.15) is 0 Å². The second-order valence-electron chi connectivity index (χ2n) is 5.43. The molecule has 0 aromatic carbocycles. The molecule has 0 N–H and O–H groups in total. The summed E-state index contributed by atoms with van der Waals surface area (Å²) in [6.45, 7) is 6.71. The Bertz CT molecular complexity index is 184. The van der Waals surface area contributed by atoms with Crippen LogP contribution in [-0.2, 0) is 4.74 Å². The maximum atomic E-state index is 12.0. The Morgan fingerprint density at radius 3 is 2.20 bits per heavy atom. The summed E-state index contributed by atoms with van der Waals surface area (Å²) in [6, 6.07) is 0. The van der Waals surface area contributed by atoms with Gasteiger partial charge in [0.15, 0.2) is 0 Å². The van der Waals surface area contributed by atoms with Gasteiger partial charge in [0.25, 0.3) is 0 Å². The van der Waals surface area contributed by atoms with E-state index in [1.807, 2.05) is 0 Å². The first-order chi connectivity index (χ1) is 6.87. The second-order valence-corrected chi connectivity index (χ2v) is 5.43. The van der Waals surface area contributed by atoms with E-state index in [0.717, 1.165) is 32.5 Å². The summed E-state index contributed by atoms with van der Waals surface area (Å²) >= 11 is 0. The van der Waals surface area contributed by atoms with Crippen LogP contribution in [0.3, 0.4) is 0 Å². The lowest BCUT2D eigenvalue weighted by Crippen LogP contribution is -2.41. The van der Waals surface area contributed by atoms with Crippen LogP contribution in [0.1, 0.15) is 33.6 Å². The first-order valence-corrected chi connectivity index (χ1v) is 5.53. The fourth-order valence-electron chi connectivity index (χ4n) is 2.02. The molecule has 0 radical (unpaired) electrons. The number of likely N-dealkylation sites (tertiary alicyclic amines) is 1. The van der Waals surface area contributed by atoms with E-state index < -0.39 is 6.61 Å². The number of hydrogen-bond donors (Lipinski definition) is 0. The van der Waals surface area contributed by atoms with Gasteiger partial charge in [-0.3, -0.25) is 0 Å². The molecule has 0 aromatic rings. The van der Waals surface area contributed by atoms with Crippen LogP contribution in [0.15, 0.2) is 0 Å². The Balaban J connectivity index is 2.24. The summed E-state index contributed by atoms with van der Waals surface area (Å²) in [5.74, 6) is 0. The van der Waals surface area contributed by atoms with Crippen LogP contribution in [0, 0.1) is 5.41 Å². The predicted molar refractivity (Wildman–Crippen MR) is 56.0 cm³/mol. The van der Waals surface area contributed by atoms with Crippen molar-refractivity contribution in [2.24, 2.45) is 5.41 Å². The van der Waals surface area contributed by atoms with Crippen molar-refractivity contribution in [2.45, 2.75) is 46.3 Å². The van der Waals surface area contributed by atoms with Gasteiger partial charge in [-0.2, -0.15) is 8.78 Å². The van der Waals surface area contributed by atoms with E-state index in [4.69, 9.17) is 0 Å². The fourth-order valence-corrected chi connectivity index (χ4v) is 2.02. The highest BCUT2D eigenvalue weighted by atomic mass is 19.3. The number of alkyl halides is 2. The van der Waals surface area contributed by atoms with Crippen LogP contribution >= 0.6 is 0 Å². The number of ether oxygens (including phenoxy) is 1. The first kappa shape index (κ1) is 12.8. The van der Waals surface area contributed by atoms with Gasteiger partial charge in [-0.25, -0.2) is 0 Å². The van der Waals surface area contributed by atoms with E-state index in [2.05, 4.69) is 30.4 Å². The molecule has 1 saturated heterocycles. The monoisotopic (exact) mass is 221 g/mol. The highest BCUT2D eigenvalue weighted by Gasteiger charge is 2.24. The van der Waals surface area contributed by atoms with Crippen molar-refractivity contribution in [2.75, 3.05) is 19.6 Å². The Labute approximate surface area is 90.6 Å². The first-order valence-electron chi connectivity index (χ1n) is 5.53. The van der Waals surface area contributed by atoms with Gasteiger partial charge in [-0.1, -0.05) is 20.8 Å². The summed E-state index contributed by atoms with van der Waals surface area (Å²) in [5.41, 5.74) is 0.274. The van der Waals surface area contributed by atoms with Crippen LogP contribution in [0.5, 0.6) is 0 Å². The minimum absolute atomic E-state index is 0.249. The van der Waals surface area contributed by atoms with Crippen molar-refractivity contribution in [1.82, 2.24) is 4.90 Å². The maximum absolute atomic E-state index is 12.0. The number of nitrogens with zero attached hydrogens (tertiary/aromatic N) is 1. The third-order valence-corrected chi connectivity index (χ3v) is 2.53. The molecule has 0 atom stereocenters. The zero-order valence-electron chi connectivity index (χ0n) is 9.80. The van der Waals surface area contributed by atoms with Crippen molar-refractivity contribution >= 4 is 0 Å². The van der Waals surface area contributed by atoms with E-state index >= 15 is 0 Å². The number of rotatable bonds is 3. The summed E-state index contributed by atoms with van der Waals surface area (Å²) in [6.07, 6.45) is 1.20. The molecule has 0 unspecified atom stereocenters. The Morgan fingerprint density at radius 2 is 1.80 bits per heavy atom. The molecule has 1 aliphatic rings. The van der Waals surface area contributed by atoms with Gasteiger partial charge >= 0.3 is 6.61 Å². The molecule has 0 amide bonds. The molecular formula is C11H21F2NO. The lowest BCUT2D eigenvalue weighted by atomic mass is 9.94. The molecule has 1 aliphatic heterocycles. The van der Waals surface area contributed by atoms with Gasteiger partial charge in [-0.05, 0) is 18.3 Å². The average molecular weight is 221 g/mol. The van der Waals surface area contributed by atoms with Gasteiger partial charge in [-0.15, -0.1) is 0 Å². The minimum Gasteiger partial charge on any atom is -0.320 e. The van der Waals surface area contributed by atoms with Gasteiger partial charge in [0, 0.05) is 19.6 Å². The quantitative estimate of drug-likeness (QED) is 0.726. The lowest BCUT2D eigenvalue weighted by Gasteiger charge is -2.35. The number of halogens is 2. The molecule has 1 fully saturated rings. The van der Waals surface area contributed by atoms with E-state index in [9.17, 15) is 8.78 Å². The highest BCUT2D eigenvalue weighted by molar-refractivity contribution is 4.76. The van der Waals surface area contributed by atoms with Crippen LogP contribution in [0.2, 0.25) is 0 Å². The largest absolute Gasteiger partial charge is 0.345 e. The Kier molecular flexibility index (Phi) is 4.46. The summed E-state index contributed by atoms with van der Waals surface area (Å²) in [5, 5.41) is 0. The molecule has 1 heterocycles. The fraction of sp³-hybridized carbons (Fsp3) is 1.00. The molecule has 0 spiro atoms. The van der Waals surface area contributed by atoms with Gasteiger partial charge in [0.2, 0.25) is 0 Å². The molecule has 2 nitrogen and oxygen atoms in total. The lowest BCUT2D eigenvalue weighted by molar-refractivity contribution is -0.173. The molecular weight excluding hydrogens is 200 g/mol. The number of hydrogen-bond acceptors (Lipinski definition) is 2. The second kappa shape index (κ2) is 5.21. The van der Waals surface area contributed by atoms with Gasteiger partial charge in [0.05, 0.1) is 6.10 Å². The highest BCUT2D eigenvalue weighted by Crippen LogP contribution is 2.21. The summed E-state index contributed by atoms with van der Waals surface area (Å²) in [7, 11) is 0. The third-order valence-electron chi connectivity index (χ3n) is 2.53. The Morgan fingerprint density at radius 1 is 1.27 bits per heavy atom. The van der Waals surface area contributed by atoms with Gasteiger partial charge < -0.3 is 9.64 Å². The molecule has 0 bridgehead atoms. The third kappa shape index (κ3) is 5.42. The maximum Gasteiger partial charge on any atom is 0.345 e. The smallest absolute Gasteiger partial charge is 0.320 e. The predicted octanol–water partition coefficient (Wildman–Crippen LogP) is 2.74. The van der Waals surface area contributed by atoms with Crippen LogP contribution in [0.25, 0.3) is 0 Å². The van der Waals surface area contributed by atoms with Crippen molar-refractivity contribution in [3.8, 4) is 0 Å². The van der Waals surface area contributed by atoms with Crippen LogP contribution in [0.4, 0.5) is 8.78 Å². The summed E-state index contributed by atoms with van der Waals surface area (Å²) < 4.78 is 28.4. The number of piperidine rings is 1. The zero-order valence-corrected chi connectivity index (χ0v) is 9.80. The van der Waals surface area contributed by atoms with E-state index in [-0.39, 0.29) is 11.5 Å². The molecule has 0 aliphatic carbocycles. The zero-order chi connectivity index (χ0) is 11.5. The molecule has 0 saturated carbocycles. The van der Waals surface area contributed by atoms with E-state index in [0.29, 0.717) is 0 Å². The molecule has 15 heavy (non-hydrogen) atoms. The van der Waals surface area contributed by atoms with Crippen molar-refractivity contribution in [3.63, 3.8) is 0 Å². The average Bonchev–Trinajstić information content (AvgIpc) is 2.05. The standard InChI is InChI=1S/C11H21F2NO/c1-11(2,3)8-14-6-4-9(5-7-14)15-10(12)13/h9-10H,4-8H2,1-3H3. The summed E-state index contributed by atoms with van der Waals surface area (Å²) in [4.78, 5) is 2.32. The SMILES string of the molecule is CC(C)(C)CN1CCC(OC(F)F)CC1. The molecule has 0 aromatic heterocycles. The van der Waals surface area contributed by atoms with E-state index in [1.165, 1.54) is 0 Å². The normalized spacial score (nSPS) is 21.2. The van der Waals surface area contributed by atoms with Crippen molar-refractivity contribution < 1.29 is 13.5 Å². The minimum atomic E-state index is -2.62. The van der Waals surface area contributed by atoms with Crippen molar-refractivity contribution in [1.29, 1.82) is 0 Å². The molecule has 90 valence electrons. The Hall–Kier alpha value is -0.220.